The molecule has 9 nitrogen and oxygen atoms in total. The molecule has 0 aliphatic carbocycles. The third kappa shape index (κ3) is 5.71. The van der Waals surface area contributed by atoms with Crippen molar-refractivity contribution in [2.24, 2.45) is 15.3 Å². The van der Waals surface area contributed by atoms with Gasteiger partial charge in [-0.05, 0) is 0 Å². The van der Waals surface area contributed by atoms with Gasteiger partial charge in [0.25, 0.3) is 0 Å². The van der Waals surface area contributed by atoms with Crippen molar-refractivity contribution in [2.75, 3.05) is 42.3 Å². The Labute approximate surface area is 195 Å². The third-order valence-electron chi connectivity index (χ3n) is 4.02. The van der Waals surface area contributed by atoms with Crippen molar-refractivity contribution < 1.29 is 13.3 Å². The summed E-state index contributed by atoms with van der Waals surface area (Å²) in [6.07, 6.45) is 5.01. The van der Waals surface area contributed by atoms with Crippen LogP contribution in [0.4, 0.5) is 0 Å². The second-order valence-electron chi connectivity index (χ2n) is 7.41. The maximum atomic E-state index is 6.16. The second-order valence-corrected chi connectivity index (χ2v) is 13.4. The molecule has 0 fully saturated rings. The quantitative estimate of drug-likeness (QED) is 0.184. The summed E-state index contributed by atoms with van der Waals surface area (Å²) in [4.78, 5) is 0. The van der Waals surface area contributed by atoms with Gasteiger partial charge in [0.1, 0.15) is 0 Å². The van der Waals surface area contributed by atoms with Crippen LogP contribution in [0, 0.1) is 0 Å². The fourth-order valence-corrected chi connectivity index (χ4v) is 6.65. The molecule has 0 bridgehead atoms. The van der Waals surface area contributed by atoms with Crippen LogP contribution in [-0.4, -0.2) is 91.1 Å². The Balaban J connectivity index is 2.07. The van der Waals surface area contributed by atoms with Crippen LogP contribution < -0.4 is 16.5 Å². The van der Waals surface area contributed by atoms with Crippen molar-refractivity contribution in [3.63, 3.8) is 0 Å². The van der Waals surface area contributed by atoms with E-state index in [1.807, 2.05) is 78.7 Å². The van der Waals surface area contributed by atoms with Crippen molar-refractivity contribution in [2.45, 2.75) is 0 Å². The number of furan rings is 3. The van der Waals surface area contributed by atoms with Gasteiger partial charge in [-0.15, -0.1) is 0 Å². The Morgan fingerprint density at radius 2 is 0.875 bits per heavy atom. The van der Waals surface area contributed by atoms with Gasteiger partial charge in [-0.25, -0.2) is 0 Å². The van der Waals surface area contributed by atoms with Gasteiger partial charge < -0.3 is 0 Å². The predicted molar refractivity (Wildman–Crippen MR) is 132 cm³/mol. The van der Waals surface area contributed by atoms with E-state index in [0.29, 0.717) is 33.8 Å². The van der Waals surface area contributed by atoms with Crippen LogP contribution >= 0.6 is 5.51 Å². The average molecular weight is 521 g/mol. The van der Waals surface area contributed by atoms with E-state index >= 15 is 0 Å². The molecule has 0 unspecified atom stereocenters. The third-order valence-corrected chi connectivity index (χ3v) is 10.00. The van der Waals surface area contributed by atoms with Gasteiger partial charge >= 0.3 is 195 Å². The normalized spacial score (nSPS) is 12.4. The van der Waals surface area contributed by atoms with Gasteiger partial charge in [0.2, 0.25) is 0 Å². The standard InChI is InChI=1S/C21H27N6O3PSe/c1-25(2)22-13-16-7-10-19(28-16)31(32,20-11-8-17(29-20)14-23-26(3)4)21-12-9-18(30-21)15-24-27(5)6/h7-15H,1-6H3/b22-13-,23-14+,24-15+. The molecule has 0 N–H and O–H groups in total. The summed E-state index contributed by atoms with van der Waals surface area (Å²) in [5.41, 5.74) is -0.308. The zero-order valence-electron chi connectivity index (χ0n) is 19.0. The molecule has 0 saturated heterocycles. The number of hydrogen-bond donors (Lipinski definition) is 0. The molecule has 0 aliphatic rings. The Morgan fingerprint density at radius 1 is 0.594 bits per heavy atom. The predicted octanol–water partition coefficient (Wildman–Crippen LogP) is 1.53. The van der Waals surface area contributed by atoms with Gasteiger partial charge in [-0.2, -0.15) is 0 Å². The first-order chi connectivity index (χ1) is 15.2. The van der Waals surface area contributed by atoms with Crippen molar-refractivity contribution in [1.29, 1.82) is 0 Å². The van der Waals surface area contributed by atoms with Crippen LogP contribution in [-0.2, 0) is 0 Å². The van der Waals surface area contributed by atoms with Crippen LogP contribution in [0.1, 0.15) is 17.3 Å². The molecule has 32 heavy (non-hydrogen) atoms. The Hall–Kier alpha value is -2.80. The van der Waals surface area contributed by atoms with E-state index in [-0.39, 0.29) is 0 Å². The monoisotopic (exact) mass is 522 g/mol. The number of hydrogen-bond acceptors (Lipinski definition) is 9. The van der Waals surface area contributed by atoms with Crippen LogP contribution in [0.5, 0.6) is 0 Å². The molecule has 0 radical (unpaired) electrons. The maximum absolute atomic E-state index is 6.16. The fraction of sp³-hybridized carbons (Fsp3) is 0.286. The zero-order valence-corrected chi connectivity index (χ0v) is 21.6. The Kier molecular flexibility index (Phi) is 7.61. The van der Waals surface area contributed by atoms with Crippen molar-refractivity contribution in [1.82, 2.24) is 15.0 Å². The first-order valence-electron chi connectivity index (χ1n) is 9.73. The topological polar surface area (TPSA) is 86.2 Å². The first-order valence-corrected chi connectivity index (χ1v) is 13.7. The molecule has 0 amide bonds. The molecule has 3 heterocycles. The fourth-order valence-electron chi connectivity index (χ4n) is 2.59. The summed E-state index contributed by atoms with van der Waals surface area (Å²) in [6, 6.07) is 11.4. The summed E-state index contributed by atoms with van der Waals surface area (Å²) >= 11 is 3.34. The van der Waals surface area contributed by atoms with Gasteiger partial charge in [0, 0.05) is 0 Å². The van der Waals surface area contributed by atoms with E-state index < -0.39 is 5.51 Å². The van der Waals surface area contributed by atoms with E-state index in [1.54, 1.807) is 33.7 Å². The molecule has 0 saturated carbocycles. The van der Waals surface area contributed by atoms with E-state index in [2.05, 4.69) is 30.4 Å². The number of hydrazone groups is 3. The molecular weight excluding hydrogens is 494 g/mol. The zero-order chi connectivity index (χ0) is 23.3. The molecule has 3 rings (SSSR count). The van der Waals surface area contributed by atoms with Crippen molar-refractivity contribution in [3.05, 3.63) is 53.7 Å². The summed E-state index contributed by atoms with van der Waals surface area (Å²) in [5.74, 6) is 1.90. The van der Waals surface area contributed by atoms with Gasteiger partial charge in [-0.3, -0.25) is 0 Å². The van der Waals surface area contributed by atoms with Gasteiger partial charge in [0.05, 0.1) is 0 Å². The SMILES string of the molecule is CN(C)/N=C\c1ccc(P(=[Se])(c2ccc(/C=N/N(C)C)o2)c2ccc(/C=N/N(C)C)o2)o1. The molecule has 3 aromatic heterocycles. The van der Waals surface area contributed by atoms with E-state index in [0.717, 1.165) is 0 Å². The molecule has 0 atom stereocenters. The molecule has 0 aliphatic heterocycles. The summed E-state index contributed by atoms with van der Waals surface area (Å²) in [7, 11) is 11.1. The molecule has 3 aromatic rings. The Bertz CT molecular complexity index is 1030. The molecule has 0 spiro atoms. The molecule has 11 heteroatoms. The number of nitrogens with zero attached hydrogens (tertiary/aromatic N) is 6. The van der Waals surface area contributed by atoms with Crippen LogP contribution in [0.2, 0.25) is 0 Å². The summed E-state index contributed by atoms with van der Waals surface area (Å²) in [6.45, 7) is 0. The van der Waals surface area contributed by atoms with Gasteiger partial charge in [0.15, 0.2) is 0 Å². The van der Waals surface area contributed by atoms with Crippen molar-refractivity contribution in [3.8, 4) is 0 Å². The van der Waals surface area contributed by atoms with Crippen LogP contribution in [0.15, 0.2) is 65.0 Å². The first kappa shape index (κ1) is 23.9. The minimum atomic E-state index is -2.46. The van der Waals surface area contributed by atoms with Gasteiger partial charge in [-0.1, -0.05) is 0 Å². The Morgan fingerprint density at radius 3 is 1.12 bits per heavy atom. The van der Waals surface area contributed by atoms with Crippen molar-refractivity contribution >= 4 is 55.8 Å². The second kappa shape index (κ2) is 10.2. The summed E-state index contributed by atoms with van der Waals surface area (Å²) in [5, 5.41) is 17.9. The molecular formula is C21H27N6O3PSe. The molecule has 0 aromatic carbocycles. The average Bonchev–Trinajstić information content (AvgIpc) is 3.49. The molecule has 170 valence electrons. The van der Waals surface area contributed by atoms with Crippen LogP contribution in [0.25, 0.3) is 0 Å². The van der Waals surface area contributed by atoms with E-state index in [4.69, 9.17) is 13.3 Å². The number of rotatable bonds is 9. The summed E-state index contributed by atoms with van der Waals surface area (Å²) < 4.78 is 18.5. The van der Waals surface area contributed by atoms with Crippen LogP contribution in [0.3, 0.4) is 0 Å². The van der Waals surface area contributed by atoms with E-state index in [1.165, 1.54) is 0 Å². The minimum absolute atomic E-state index is 0.634. The van der Waals surface area contributed by atoms with E-state index in [9.17, 15) is 0 Å².